The van der Waals surface area contributed by atoms with Gasteiger partial charge in [0.25, 0.3) is 0 Å². The zero-order valence-electron chi connectivity index (χ0n) is 13.3. The number of hydrogen-bond acceptors (Lipinski definition) is 4. The summed E-state index contributed by atoms with van der Waals surface area (Å²) in [7, 11) is 0. The predicted molar refractivity (Wildman–Crippen MR) is 85.9 cm³/mol. The highest BCUT2D eigenvalue weighted by molar-refractivity contribution is 5.79. The van der Waals surface area contributed by atoms with Gasteiger partial charge < -0.3 is 10.1 Å². The summed E-state index contributed by atoms with van der Waals surface area (Å²) in [5.41, 5.74) is 1.04. The molecule has 0 spiro atoms. The van der Waals surface area contributed by atoms with Crippen LogP contribution in [0.3, 0.4) is 0 Å². The number of nitrogens with zero attached hydrogens (tertiary/aromatic N) is 3. The van der Waals surface area contributed by atoms with Gasteiger partial charge in [-0.15, -0.1) is 0 Å². The fourth-order valence-corrected chi connectivity index (χ4v) is 2.76. The van der Waals surface area contributed by atoms with Crippen molar-refractivity contribution in [2.45, 2.75) is 51.3 Å². The Balaban J connectivity index is 1.49. The molecule has 23 heavy (non-hydrogen) atoms. The minimum absolute atomic E-state index is 0.0817. The lowest BCUT2D eigenvalue weighted by atomic mass is 10.2. The van der Waals surface area contributed by atoms with Crippen LogP contribution in [-0.2, 0) is 11.3 Å². The molecule has 2 aromatic rings. The standard InChI is InChI=1S/C17H22N4O2/c1-13(21-12-18-11-20-21)17(22)19-10-14-6-8-16(9-7-14)23-15-4-2-3-5-15/h6-9,11-13,15H,2-5,10H2,1H3,(H,19,22)/t13-/m0/s1. The number of aromatic nitrogens is 3. The fourth-order valence-electron chi connectivity index (χ4n) is 2.76. The molecule has 0 unspecified atom stereocenters. The molecule has 1 aromatic carbocycles. The maximum atomic E-state index is 12.1. The van der Waals surface area contributed by atoms with E-state index < -0.39 is 0 Å². The lowest BCUT2D eigenvalue weighted by Crippen LogP contribution is -2.30. The molecule has 6 nitrogen and oxygen atoms in total. The van der Waals surface area contributed by atoms with Crippen LogP contribution in [0.15, 0.2) is 36.9 Å². The molecule has 6 heteroatoms. The average Bonchev–Trinajstić information content (AvgIpc) is 3.27. The van der Waals surface area contributed by atoms with Crippen molar-refractivity contribution in [1.82, 2.24) is 20.1 Å². The third-order valence-corrected chi connectivity index (χ3v) is 4.21. The molecule has 3 rings (SSSR count). The summed E-state index contributed by atoms with van der Waals surface area (Å²) in [5.74, 6) is 0.824. The lowest BCUT2D eigenvalue weighted by molar-refractivity contribution is -0.124. The van der Waals surface area contributed by atoms with Crippen LogP contribution >= 0.6 is 0 Å². The van der Waals surface area contributed by atoms with Gasteiger partial charge in [-0.1, -0.05) is 12.1 Å². The molecule has 1 atom stereocenters. The maximum Gasteiger partial charge on any atom is 0.244 e. The molecule has 0 radical (unpaired) electrons. The Kier molecular flexibility index (Phi) is 4.90. The van der Waals surface area contributed by atoms with Gasteiger partial charge >= 0.3 is 0 Å². The zero-order chi connectivity index (χ0) is 16.1. The molecular weight excluding hydrogens is 292 g/mol. The Labute approximate surface area is 135 Å². The van der Waals surface area contributed by atoms with E-state index >= 15 is 0 Å². The van der Waals surface area contributed by atoms with E-state index in [-0.39, 0.29) is 11.9 Å². The van der Waals surface area contributed by atoms with Crippen molar-refractivity contribution in [2.24, 2.45) is 0 Å². The molecule has 1 N–H and O–H groups in total. The van der Waals surface area contributed by atoms with Gasteiger partial charge in [0.2, 0.25) is 5.91 Å². The second kappa shape index (κ2) is 7.26. The van der Waals surface area contributed by atoms with Gasteiger partial charge in [-0.3, -0.25) is 4.79 Å². The van der Waals surface area contributed by atoms with E-state index in [0.29, 0.717) is 12.6 Å². The average molecular weight is 314 g/mol. The first kappa shape index (κ1) is 15.5. The molecule has 122 valence electrons. The number of benzene rings is 1. The molecule has 1 fully saturated rings. The summed E-state index contributed by atoms with van der Waals surface area (Å²) in [6.07, 6.45) is 8.16. The number of carbonyl (C=O) groups is 1. The third-order valence-electron chi connectivity index (χ3n) is 4.21. The highest BCUT2D eigenvalue weighted by atomic mass is 16.5. The fraction of sp³-hybridized carbons (Fsp3) is 0.471. The van der Waals surface area contributed by atoms with Crippen molar-refractivity contribution in [3.8, 4) is 5.75 Å². The van der Waals surface area contributed by atoms with Crippen molar-refractivity contribution in [2.75, 3.05) is 0 Å². The summed E-state index contributed by atoms with van der Waals surface area (Å²) in [4.78, 5) is 15.9. The molecule has 1 aliphatic rings. The van der Waals surface area contributed by atoms with Gasteiger partial charge in [-0.05, 0) is 50.3 Å². The highest BCUT2D eigenvalue weighted by Crippen LogP contribution is 2.24. The van der Waals surface area contributed by atoms with Gasteiger partial charge in [0.15, 0.2) is 0 Å². The Hall–Kier alpha value is -2.37. The van der Waals surface area contributed by atoms with E-state index in [1.807, 2.05) is 24.3 Å². The maximum absolute atomic E-state index is 12.1. The number of nitrogens with one attached hydrogen (secondary N) is 1. The second-order valence-corrected chi connectivity index (χ2v) is 5.94. The van der Waals surface area contributed by atoms with Crippen LogP contribution in [0, 0.1) is 0 Å². The van der Waals surface area contributed by atoms with Gasteiger partial charge in [0.1, 0.15) is 24.4 Å². The number of rotatable bonds is 6. The van der Waals surface area contributed by atoms with Crippen LogP contribution in [0.5, 0.6) is 5.75 Å². The number of hydrogen-bond donors (Lipinski definition) is 1. The lowest BCUT2D eigenvalue weighted by Gasteiger charge is -2.14. The van der Waals surface area contributed by atoms with Gasteiger partial charge in [-0.2, -0.15) is 5.10 Å². The Morgan fingerprint density at radius 3 is 2.74 bits per heavy atom. The van der Waals surface area contributed by atoms with E-state index in [0.717, 1.165) is 24.2 Å². The summed E-state index contributed by atoms with van der Waals surface area (Å²) in [6.45, 7) is 2.28. The molecule has 0 bridgehead atoms. The molecule has 1 heterocycles. The van der Waals surface area contributed by atoms with Gasteiger partial charge in [0, 0.05) is 6.54 Å². The van der Waals surface area contributed by atoms with Crippen LogP contribution in [0.25, 0.3) is 0 Å². The van der Waals surface area contributed by atoms with Crippen LogP contribution in [0.1, 0.15) is 44.2 Å². The van der Waals surface area contributed by atoms with E-state index in [2.05, 4.69) is 15.4 Å². The molecule has 0 aliphatic heterocycles. The number of carbonyl (C=O) groups excluding carboxylic acids is 1. The smallest absolute Gasteiger partial charge is 0.244 e. The van der Waals surface area contributed by atoms with E-state index in [4.69, 9.17) is 4.74 Å². The molecule has 1 saturated carbocycles. The minimum Gasteiger partial charge on any atom is -0.490 e. The minimum atomic E-state index is -0.373. The number of amides is 1. The van der Waals surface area contributed by atoms with Crippen LogP contribution in [0.4, 0.5) is 0 Å². The first-order chi connectivity index (χ1) is 11.2. The van der Waals surface area contributed by atoms with Gasteiger partial charge in [0.05, 0.1) is 6.10 Å². The van der Waals surface area contributed by atoms with Crippen molar-refractivity contribution >= 4 is 5.91 Å². The zero-order valence-corrected chi connectivity index (χ0v) is 13.3. The summed E-state index contributed by atoms with van der Waals surface area (Å²) < 4.78 is 7.47. The molecular formula is C17H22N4O2. The molecule has 1 aliphatic carbocycles. The predicted octanol–water partition coefficient (Wildman–Crippen LogP) is 2.48. The van der Waals surface area contributed by atoms with Crippen LogP contribution in [0.2, 0.25) is 0 Å². The monoisotopic (exact) mass is 314 g/mol. The Morgan fingerprint density at radius 2 is 2.09 bits per heavy atom. The third kappa shape index (κ3) is 4.09. The van der Waals surface area contributed by atoms with E-state index in [9.17, 15) is 4.79 Å². The Morgan fingerprint density at radius 1 is 1.35 bits per heavy atom. The molecule has 1 aromatic heterocycles. The normalized spacial score (nSPS) is 16.2. The second-order valence-electron chi connectivity index (χ2n) is 5.94. The van der Waals surface area contributed by atoms with Crippen LogP contribution in [-0.4, -0.2) is 26.8 Å². The highest BCUT2D eigenvalue weighted by Gasteiger charge is 2.17. The Bertz CT molecular complexity index is 619. The quantitative estimate of drug-likeness (QED) is 0.889. The summed E-state index contributed by atoms with van der Waals surface area (Å²) >= 11 is 0. The number of ether oxygens (including phenoxy) is 1. The van der Waals surface area contributed by atoms with E-state index in [1.165, 1.54) is 23.9 Å². The largest absolute Gasteiger partial charge is 0.490 e. The van der Waals surface area contributed by atoms with Crippen molar-refractivity contribution in [1.29, 1.82) is 0 Å². The topological polar surface area (TPSA) is 69.0 Å². The van der Waals surface area contributed by atoms with Crippen LogP contribution < -0.4 is 10.1 Å². The molecule has 1 amide bonds. The van der Waals surface area contributed by atoms with Crippen molar-refractivity contribution in [3.05, 3.63) is 42.5 Å². The SMILES string of the molecule is C[C@@H](C(=O)NCc1ccc(OC2CCCC2)cc1)n1cncn1. The molecule has 0 saturated heterocycles. The van der Waals surface area contributed by atoms with Gasteiger partial charge in [-0.25, -0.2) is 9.67 Å². The summed E-state index contributed by atoms with van der Waals surface area (Å²) in [6, 6.07) is 7.55. The first-order valence-electron chi connectivity index (χ1n) is 8.10. The van der Waals surface area contributed by atoms with E-state index in [1.54, 1.807) is 13.3 Å². The van der Waals surface area contributed by atoms with Crippen molar-refractivity contribution < 1.29 is 9.53 Å². The first-order valence-corrected chi connectivity index (χ1v) is 8.10. The summed E-state index contributed by atoms with van der Waals surface area (Å²) in [5, 5.41) is 6.89. The van der Waals surface area contributed by atoms with Crippen molar-refractivity contribution in [3.63, 3.8) is 0 Å².